The summed E-state index contributed by atoms with van der Waals surface area (Å²) in [4.78, 5) is -0.114. The lowest BCUT2D eigenvalue weighted by molar-refractivity contribution is 0.354. The fourth-order valence-electron chi connectivity index (χ4n) is 2.11. The Bertz CT molecular complexity index is 1100. The maximum Gasteiger partial charge on any atom is 0.262 e. The molecule has 8 nitrogen and oxygen atoms in total. The van der Waals surface area contributed by atoms with Crippen LogP contribution in [0.2, 0.25) is 0 Å². The van der Waals surface area contributed by atoms with Crippen LogP contribution in [0, 0.1) is 11.3 Å². The summed E-state index contributed by atoms with van der Waals surface area (Å²) in [6, 6.07) is 10.8. The standard InChI is InChI=1S/C17H16N2O6S2/c1-24-16-9-8-15(12-17(16)25-2)27(22,23)19-13-4-6-14(7-5-13)26(20,21)11-3-10-18/h3-9,11-12,19H,1-2H3/b11-3+. The number of ether oxygens (including phenoxy) is 2. The minimum Gasteiger partial charge on any atom is -0.493 e. The predicted molar refractivity (Wildman–Crippen MR) is 98.7 cm³/mol. The third-order valence-corrected chi connectivity index (χ3v) is 6.22. The first-order valence-electron chi connectivity index (χ1n) is 7.39. The molecule has 0 unspecified atom stereocenters. The molecule has 0 saturated heterocycles. The molecule has 0 amide bonds. The lowest BCUT2D eigenvalue weighted by Crippen LogP contribution is -2.13. The highest BCUT2D eigenvalue weighted by Gasteiger charge is 2.18. The molecule has 142 valence electrons. The number of methoxy groups -OCH3 is 2. The molecular weight excluding hydrogens is 392 g/mol. The Balaban J connectivity index is 2.29. The van der Waals surface area contributed by atoms with Crippen molar-refractivity contribution in [3.8, 4) is 17.6 Å². The number of benzene rings is 2. The first-order valence-corrected chi connectivity index (χ1v) is 10.4. The summed E-state index contributed by atoms with van der Waals surface area (Å²) in [7, 11) is -4.86. The highest BCUT2D eigenvalue weighted by atomic mass is 32.2. The Morgan fingerprint density at radius 1 is 0.926 bits per heavy atom. The van der Waals surface area contributed by atoms with Crippen molar-refractivity contribution in [1.29, 1.82) is 5.26 Å². The van der Waals surface area contributed by atoms with E-state index >= 15 is 0 Å². The van der Waals surface area contributed by atoms with E-state index in [4.69, 9.17) is 14.7 Å². The summed E-state index contributed by atoms with van der Waals surface area (Å²) in [5, 5.41) is 9.21. The van der Waals surface area contributed by atoms with Crippen LogP contribution in [0.4, 0.5) is 5.69 Å². The summed E-state index contributed by atoms with van der Waals surface area (Å²) >= 11 is 0. The normalized spacial score (nSPS) is 11.7. The van der Waals surface area contributed by atoms with E-state index in [0.717, 1.165) is 11.5 Å². The molecule has 10 heteroatoms. The van der Waals surface area contributed by atoms with Gasteiger partial charge in [0.05, 0.1) is 30.1 Å². The third-order valence-electron chi connectivity index (χ3n) is 3.42. The lowest BCUT2D eigenvalue weighted by Gasteiger charge is -2.12. The van der Waals surface area contributed by atoms with Gasteiger partial charge in [-0.3, -0.25) is 4.72 Å². The van der Waals surface area contributed by atoms with Crippen LogP contribution in [-0.4, -0.2) is 31.1 Å². The van der Waals surface area contributed by atoms with Gasteiger partial charge in [-0.1, -0.05) is 0 Å². The van der Waals surface area contributed by atoms with Gasteiger partial charge in [0.1, 0.15) is 0 Å². The van der Waals surface area contributed by atoms with Gasteiger partial charge in [0.2, 0.25) is 9.84 Å². The van der Waals surface area contributed by atoms with Crippen molar-refractivity contribution < 1.29 is 26.3 Å². The monoisotopic (exact) mass is 408 g/mol. The molecule has 0 bridgehead atoms. The number of nitriles is 1. The van der Waals surface area contributed by atoms with Gasteiger partial charge in [-0.25, -0.2) is 16.8 Å². The number of nitrogens with zero attached hydrogens (tertiary/aromatic N) is 1. The maximum atomic E-state index is 12.5. The largest absolute Gasteiger partial charge is 0.493 e. The topological polar surface area (TPSA) is 123 Å². The molecule has 2 aromatic rings. The summed E-state index contributed by atoms with van der Waals surface area (Å²) < 4.78 is 61.4. The molecule has 27 heavy (non-hydrogen) atoms. The molecule has 0 aliphatic rings. The number of sulfone groups is 1. The fourth-order valence-corrected chi connectivity index (χ4v) is 4.10. The predicted octanol–water partition coefficient (Wildman–Crippen LogP) is 2.32. The average molecular weight is 408 g/mol. The van der Waals surface area contributed by atoms with Gasteiger partial charge in [-0.15, -0.1) is 0 Å². The quantitative estimate of drug-likeness (QED) is 0.697. The van der Waals surface area contributed by atoms with Gasteiger partial charge in [-0.2, -0.15) is 5.26 Å². The molecule has 0 radical (unpaired) electrons. The van der Waals surface area contributed by atoms with Gasteiger partial charge in [-0.05, 0) is 36.4 Å². The zero-order chi connectivity index (χ0) is 20.1. The molecule has 2 rings (SSSR count). The van der Waals surface area contributed by atoms with E-state index in [1.54, 1.807) is 6.07 Å². The zero-order valence-electron chi connectivity index (χ0n) is 14.4. The second kappa shape index (κ2) is 8.11. The Labute approximate surface area is 157 Å². The number of hydrogen-bond donors (Lipinski definition) is 1. The summed E-state index contributed by atoms with van der Waals surface area (Å²) in [5.74, 6) is 0.641. The van der Waals surface area contributed by atoms with Crippen LogP contribution in [0.15, 0.2) is 63.7 Å². The molecule has 2 aromatic carbocycles. The van der Waals surface area contributed by atoms with Crippen LogP contribution in [0.5, 0.6) is 11.5 Å². The Morgan fingerprint density at radius 3 is 2.07 bits per heavy atom. The van der Waals surface area contributed by atoms with E-state index in [1.165, 1.54) is 56.7 Å². The highest BCUT2D eigenvalue weighted by Crippen LogP contribution is 2.30. The lowest BCUT2D eigenvalue weighted by atomic mass is 10.3. The van der Waals surface area contributed by atoms with Gasteiger partial charge < -0.3 is 9.47 Å². The van der Waals surface area contributed by atoms with Gasteiger partial charge >= 0.3 is 0 Å². The number of rotatable bonds is 7. The van der Waals surface area contributed by atoms with Gasteiger partial charge in [0.15, 0.2) is 11.5 Å². The van der Waals surface area contributed by atoms with Crippen molar-refractivity contribution >= 4 is 25.5 Å². The number of sulfonamides is 1. The molecule has 1 N–H and O–H groups in total. The number of nitrogens with one attached hydrogen (secondary N) is 1. The Hall–Kier alpha value is -3.03. The molecular formula is C17H16N2O6S2. The van der Waals surface area contributed by atoms with E-state index < -0.39 is 19.9 Å². The van der Waals surface area contributed by atoms with Crippen LogP contribution in [0.1, 0.15) is 0 Å². The first-order chi connectivity index (χ1) is 12.7. The summed E-state index contributed by atoms with van der Waals surface area (Å²) in [6.07, 6.45) is 0.850. The second-order valence-electron chi connectivity index (χ2n) is 5.12. The van der Waals surface area contributed by atoms with Crippen LogP contribution >= 0.6 is 0 Å². The van der Waals surface area contributed by atoms with E-state index in [9.17, 15) is 16.8 Å². The molecule has 0 aromatic heterocycles. The van der Waals surface area contributed by atoms with Crippen molar-refractivity contribution in [2.24, 2.45) is 0 Å². The van der Waals surface area contributed by atoms with E-state index in [-0.39, 0.29) is 21.2 Å². The maximum absolute atomic E-state index is 12.5. The molecule has 0 saturated carbocycles. The molecule has 0 spiro atoms. The molecule has 0 aliphatic carbocycles. The van der Waals surface area contributed by atoms with Crippen LogP contribution in [0.3, 0.4) is 0 Å². The van der Waals surface area contributed by atoms with Gasteiger partial charge in [0, 0.05) is 23.2 Å². The van der Waals surface area contributed by atoms with Crippen molar-refractivity contribution in [3.63, 3.8) is 0 Å². The van der Waals surface area contributed by atoms with Crippen LogP contribution in [-0.2, 0) is 19.9 Å². The summed E-state index contributed by atoms with van der Waals surface area (Å²) in [5.41, 5.74) is 0.174. The van der Waals surface area contributed by atoms with Crippen molar-refractivity contribution in [2.45, 2.75) is 9.79 Å². The smallest absolute Gasteiger partial charge is 0.262 e. The van der Waals surface area contributed by atoms with E-state index in [0.29, 0.717) is 5.75 Å². The summed E-state index contributed by atoms with van der Waals surface area (Å²) in [6.45, 7) is 0. The zero-order valence-corrected chi connectivity index (χ0v) is 16.0. The Morgan fingerprint density at radius 2 is 1.52 bits per heavy atom. The van der Waals surface area contributed by atoms with E-state index in [1.807, 2.05) is 0 Å². The molecule has 0 atom stereocenters. The molecule has 0 heterocycles. The van der Waals surface area contributed by atoms with E-state index in [2.05, 4.69) is 4.72 Å². The van der Waals surface area contributed by atoms with Crippen LogP contribution < -0.4 is 14.2 Å². The minimum atomic E-state index is -3.93. The van der Waals surface area contributed by atoms with Crippen molar-refractivity contribution in [3.05, 3.63) is 53.9 Å². The Kier molecular flexibility index (Phi) is 6.09. The number of hydrogen-bond acceptors (Lipinski definition) is 7. The van der Waals surface area contributed by atoms with Gasteiger partial charge in [0.25, 0.3) is 10.0 Å². The minimum absolute atomic E-state index is 0.0474. The molecule has 0 aliphatic heterocycles. The fraction of sp³-hybridized carbons (Fsp3) is 0.118. The second-order valence-corrected chi connectivity index (χ2v) is 8.64. The van der Waals surface area contributed by atoms with Crippen molar-refractivity contribution in [2.75, 3.05) is 18.9 Å². The SMILES string of the molecule is COc1ccc(S(=O)(=O)Nc2ccc(S(=O)(=O)/C=C/C#N)cc2)cc1OC. The van der Waals surface area contributed by atoms with Crippen LogP contribution in [0.25, 0.3) is 0 Å². The number of anilines is 1. The highest BCUT2D eigenvalue weighted by molar-refractivity contribution is 7.94. The number of allylic oxidation sites excluding steroid dienone is 1. The third kappa shape index (κ3) is 4.78. The first kappa shape index (κ1) is 20.3. The molecule has 0 fully saturated rings. The van der Waals surface area contributed by atoms with Crippen molar-refractivity contribution in [1.82, 2.24) is 0 Å². The average Bonchev–Trinajstić information content (AvgIpc) is 2.66.